The number of halogens is 1. The van der Waals surface area contributed by atoms with Gasteiger partial charge < -0.3 is 10.6 Å². The van der Waals surface area contributed by atoms with Crippen molar-refractivity contribution < 1.29 is 14.4 Å². The number of rotatable bonds is 4. The molecule has 7 heteroatoms. The molecule has 4 amide bonds. The third-order valence-electron chi connectivity index (χ3n) is 4.31. The minimum Gasteiger partial charge on any atom is -0.324 e. The number of carbonyl (C=O) groups is 3. The molecule has 134 valence electrons. The zero-order valence-corrected chi connectivity index (χ0v) is 15.1. The molecule has 1 aliphatic heterocycles. The molecule has 1 heterocycles. The molecule has 0 saturated carbocycles. The van der Waals surface area contributed by atoms with Gasteiger partial charge in [0.15, 0.2) is 0 Å². The molecule has 2 N–H and O–H groups in total. The van der Waals surface area contributed by atoms with Gasteiger partial charge in [0.05, 0.1) is 0 Å². The summed E-state index contributed by atoms with van der Waals surface area (Å²) >= 11 is 5.88. The molecule has 0 radical (unpaired) electrons. The predicted molar refractivity (Wildman–Crippen MR) is 98.9 cm³/mol. The maximum absolute atomic E-state index is 12.8. The number of imide groups is 1. The number of hydrogen-bond acceptors (Lipinski definition) is 3. The second kappa shape index (κ2) is 6.80. The monoisotopic (exact) mass is 371 g/mol. The van der Waals surface area contributed by atoms with Crippen molar-refractivity contribution in [1.29, 1.82) is 0 Å². The fourth-order valence-corrected chi connectivity index (χ4v) is 3.02. The van der Waals surface area contributed by atoms with Crippen LogP contribution >= 0.6 is 11.6 Å². The van der Waals surface area contributed by atoms with Crippen molar-refractivity contribution in [3.05, 3.63) is 64.7 Å². The number of benzene rings is 2. The van der Waals surface area contributed by atoms with Crippen molar-refractivity contribution in [3.8, 4) is 0 Å². The lowest BCUT2D eigenvalue weighted by Gasteiger charge is -2.22. The van der Waals surface area contributed by atoms with Gasteiger partial charge in [-0.3, -0.25) is 14.5 Å². The summed E-state index contributed by atoms with van der Waals surface area (Å²) in [5, 5.41) is 5.79. The Kier molecular flexibility index (Phi) is 4.70. The summed E-state index contributed by atoms with van der Waals surface area (Å²) in [7, 11) is 0. The predicted octanol–water partition coefficient (Wildman–Crippen LogP) is 3.05. The Balaban J connectivity index is 1.74. The van der Waals surface area contributed by atoms with E-state index in [0.717, 1.165) is 10.5 Å². The molecule has 1 atom stereocenters. The van der Waals surface area contributed by atoms with Gasteiger partial charge in [0, 0.05) is 10.7 Å². The van der Waals surface area contributed by atoms with Gasteiger partial charge in [-0.2, -0.15) is 0 Å². The van der Waals surface area contributed by atoms with Crippen LogP contribution in [0.2, 0.25) is 5.02 Å². The SMILES string of the molecule is Cc1ccc([C@@]2(C)NC(=O)N(CC(=O)Nc3cccc(Cl)c3)C2=O)cc1. The highest BCUT2D eigenvalue weighted by atomic mass is 35.5. The number of hydrogen-bond donors (Lipinski definition) is 2. The van der Waals surface area contributed by atoms with Crippen LogP contribution in [0, 0.1) is 6.92 Å². The average Bonchev–Trinajstić information content (AvgIpc) is 2.79. The number of carbonyl (C=O) groups excluding carboxylic acids is 3. The van der Waals surface area contributed by atoms with Crippen LogP contribution in [-0.4, -0.2) is 29.3 Å². The third kappa shape index (κ3) is 3.41. The first kappa shape index (κ1) is 17.9. The highest BCUT2D eigenvalue weighted by molar-refractivity contribution is 6.30. The molecule has 6 nitrogen and oxygen atoms in total. The summed E-state index contributed by atoms with van der Waals surface area (Å²) in [6.07, 6.45) is 0. The van der Waals surface area contributed by atoms with Crippen LogP contribution in [0.25, 0.3) is 0 Å². The summed E-state index contributed by atoms with van der Waals surface area (Å²) in [5.74, 6) is -0.948. The molecule has 3 rings (SSSR count). The molecule has 1 fully saturated rings. The van der Waals surface area contributed by atoms with Gasteiger partial charge >= 0.3 is 6.03 Å². The first-order valence-electron chi connectivity index (χ1n) is 8.06. The number of anilines is 1. The quantitative estimate of drug-likeness (QED) is 0.811. The van der Waals surface area contributed by atoms with Crippen molar-refractivity contribution in [2.75, 3.05) is 11.9 Å². The maximum atomic E-state index is 12.8. The summed E-state index contributed by atoms with van der Waals surface area (Å²) < 4.78 is 0. The second-order valence-electron chi connectivity index (χ2n) is 6.37. The number of amides is 4. The third-order valence-corrected chi connectivity index (χ3v) is 4.55. The van der Waals surface area contributed by atoms with Gasteiger partial charge in [-0.05, 0) is 37.6 Å². The van der Waals surface area contributed by atoms with E-state index < -0.39 is 23.4 Å². The average molecular weight is 372 g/mol. The van der Waals surface area contributed by atoms with E-state index in [-0.39, 0.29) is 6.54 Å². The minimum absolute atomic E-state index is 0.376. The smallest absolute Gasteiger partial charge is 0.324 e. The van der Waals surface area contributed by atoms with Crippen molar-refractivity contribution in [3.63, 3.8) is 0 Å². The summed E-state index contributed by atoms with van der Waals surface area (Å²) in [6, 6.07) is 13.4. The van der Waals surface area contributed by atoms with Crippen molar-refractivity contribution >= 4 is 35.1 Å². The van der Waals surface area contributed by atoms with Crippen LogP contribution in [0.1, 0.15) is 18.1 Å². The largest absolute Gasteiger partial charge is 0.325 e. The lowest BCUT2D eigenvalue weighted by atomic mass is 9.91. The fourth-order valence-electron chi connectivity index (χ4n) is 2.83. The molecule has 1 aliphatic rings. The zero-order chi connectivity index (χ0) is 18.9. The van der Waals surface area contributed by atoms with Crippen LogP contribution in [0.5, 0.6) is 0 Å². The Hall–Kier alpha value is -2.86. The number of urea groups is 1. The van der Waals surface area contributed by atoms with Crippen molar-refractivity contribution in [2.45, 2.75) is 19.4 Å². The summed E-state index contributed by atoms with van der Waals surface area (Å²) in [5.41, 5.74) is 1.02. The zero-order valence-electron chi connectivity index (χ0n) is 14.4. The lowest BCUT2D eigenvalue weighted by molar-refractivity contribution is -0.133. The molecular formula is C19H18ClN3O3. The summed E-state index contributed by atoms with van der Waals surface area (Å²) in [6.45, 7) is 3.19. The van der Waals surface area contributed by atoms with Gasteiger partial charge in [-0.25, -0.2) is 4.79 Å². The molecular weight excluding hydrogens is 354 g/mol. The Morgan fingerprint density at radius 2 is 1.88 bits per heavy atom. The highest BCUT2D eigenvalue weighted by Crippen LogP contribution is 2.29. The van der Waals surface area contributed by atoms with Crippen LogP contribution in [0.4, 0.5) is 10.5 Å². The van der Waals surface area contributed by atoms with E-state index in [0.29, 0.717) is 16.3 Å². The minimum atomic E-state index is -1.19. The van der Waals surface area contributed by atoms with Crippen LogP contribution in [0.15, 0.2) is 48.5 Å². The Morgan fingerprint density at radius 3 is 2.54 bits per heavy atom. The Morgan fingerprint density at radius 1 is 1.19 bits per heavy atom. The maximum Gasteiger partial charge on any atom is 0.325 e. The fraction of sp³-hybridized carbons (Fsp3) is 0.211. The van der Waals surface area contributed by atoms with Crippen LogP contribution < -0.4 is 10.6 Å². The Bertz CT molecular complexity index is 882. The van der Waals surface area contributed by atoms with E-state index in [1.54, 1.807) is 43.3 Å². The van der Waals surface area contributed by atoms with Gasteiger partial charge in [-0.1, -0.05) is 47.5 Å². The number of nitrogens with zero attached hydrogens (tertiary/aromatic N) is 1. The number of aryl methyl sites for hydroxylation is 1. The van der Waals surface area contributed by atoms with Crippen molar-refractivity contribution in [2.24, 2.45) is 0 Å². The van der Waals surface area contributed by atoms with Crippen LogP contribution in [-0.2, 0) is 15.1 Å². The molecule has 1 saturated heterocycles. The van der Waals surface area contributed by atoms with E-state index in [1.165, 1.54) is 0 Å². The molecule has 2 aromatic carbocycles. The molecule has 0 aromatic heterocycles. The summed E-state index contributed by atoms with van der Waals surface area (Å²) in [4.78, 5) is 38.2. The van der Waals surface area contributed by atoms with E-state index in [4.69, 9.17) is 11.6 Å². The van der Waals surface area contributed by atoms with Crippen LogP contribution in [0.3, 0.4) is 0 Å². The van der Waals surface area contributed by atoms with E-state index in [1.807, 2.05) is 19.1 Å². The van der Waals surface area contributed by atoms with Gasteiger partial charge in [0.2, 0.25) is 5.91 Å². The first-order valence-corrected chi connectivity index (χ1v) is 8.44. The molecule has 2 aromatic rings. The van der Waals surface area contributed by atoms with E-state index >= 15 is 0 Å². The van der Waals surface area contributed by atoms with Gasteiger partial charge in [0.25, 0.3) is 5.91 Å². The standard InChI is InChI=1S/C19H18ClN3O3/c1-12-6-8-13(9-7-12)19(2)17(25)23(18(26)22-19)11-16(24)21-15-5-3-4-14(20)10-15/h3-10H,11H2,1-2H3,(H,21,24)(H,22,26)/t19-/m1/s1. The van der Waals surface area contributed by atoms with Crippen molar-refractivity contribution in [1.82, 2.24) is 10.2 Å². The molecule has 26 heavy (non-hydrogen) atoms. The topological polar surface area (TPSA) is 78.5 Å². The molecule has 0 spiro atoms. The Labute approximate surface area is 156 Å². The lowest BCUT2D eigenvalue weighted by Crippen LogP contribution is -2.42. The van der Waals surface area contributed by atoms with Gasteiger partial charge in [0.1, 0.15) is 12.1 Å². The van der Waals surface area contributed by atoms with E-state index in [9.17, 15) is 14.4 Å². The van der Waals surface area contributed by atoms with Gasteiger partial charge in [-0.15, -0.1) is 0 Å². The molecule has 0 unspecified atom stereocenters. The van der Waals surface area contributed by atoms with E-state index in [2.05, 4.69) is 10.6 Å². The molecule has 0 aliphatic carbocycles. The molecule has 0 bridgehead atoms. The first-order chi connectivity index (χ1) is 12.3. The second-order valence-corrected chi connectivity index (χ2v) is 6.81. The normalized spacial score (nSPS) is 19.4. The highest BCUT2D eigenvalue weighted by Gasteiger charge is 2.49. The number of nitrogens with one attached hydrogen (secondary N) is 2.